The van der Waals surface area contributed by atoms with E-state index in [-0.39, 0.29) is 17.2 Å². The van der Waals surface area contributed by atoms with Crippen LogP contribution in [0.1, 0.15) is 67.2 Å². The smallest absolute Gasteiger partial charge is 0.225 e. The second-order valence-corrected chi connectivity index (χ2v) is 9.99. The molecular formula is C25H41N3O2. The topological polar surface area (TPSA) is 52.7 Å². The van der Waals surface area contributed by atoms with Crippen molar-refractivity contribution in [3.8, 4) is 0 Å². The molecule has 0 bridgehead atoms. The van der Waals surface area contributed by atoms with Crippen LogP contribution in [-0.4, -0.2) is 42.9 Å². The maximum absolute atomic E-state index is 12.6. The van der Waals surface area contributed by atoms with E-state index in [1.165, 1.54) is 0 Å². The van der Waals surface area contributed by atoms with E-state index in [0.717, 1.165) is 56.8 Å². The fourth-order valence-electron chi connectivity index (χ4n) is 4.48. The number of hydrogen-bond donors (Lipinski definition) is 1. The van der Waals surface area contributed by atoms with Crippen LogP contribution < -0.4 is 10.2 Å². The quantitative estimate of drug-likeness (QED) is 0.637. The number of rotatable bonds is 8. The summed E-state index contributed by atoms with van der Waals surface area (Å²) in [7, 11) is 0. The van der Waals surface area contributed by atoms with Crippen molar-refractivity contribution >= 4 is 23.2 Å². The predicted molar refractivity (Wildman–Crippen MR) is 126 cm³/mol. The van der Waals surface area contributed by atoms with Crippen LogP contribution in [0.15, 0.2) is 24.3 Å². The molecule has 1 aliphatic heterocycles. The molecule has 0 radical (unpaired) electrons. The van der Waals surface area contributed by atoms with Gasteiger partial charge in [-0.3, -0.25) is 9.59 Å². The molecule has 5 nitrogen and oxygen atoms in total. The third-order valence-electron chi connectivity index (χ3n) is 5.94. The van der Waals surface area contributed by atoms with Crippen LogP contribution in [0.3, 0.4) is 0 Å². The van der Waals surface area contributed by atoms with Gasteiger partial charge in [0.25, 0.3) is 0 Å². The highest BCUT2D eigenvalue weighted by Gasteiger charge is 2.25. The van der Waals surface area contributed by atoms with E-state index in [1.807, 2.05) is 17.0 Å². The van der Waals surface area contributed by atoms with Gasteiger partial charge in [0.1, 0.15) is 0 Å². The van der Waals surface area contributed by atoms with Crippen molar-refractivity contribution in [3.63, 3.8) is 0 Å². The number of nitrogens with zero attached hydrogens (tertiary/aromatic N) is 2. The molecule has 1 saturated heterocycles. The molecule has 1 fully saturated rings. The fraction of sp³-hybridized carbons (Fsp3) is 0.680. The summed E-state index contributed by atoms with van der Waals surface area (Å²) >= 11 is 0. The molecule has 1 atom stereocenters. The van der Waals surface area contributed by atoms with Gasteiger partial charge in [-0.25, -0.2) is 0 Å². The maximum Gasteiger partial charge on any atom is 0.225 e. The van der Waals surface area contributed by atoms with Crippen molar-refractivity contribution in [1.82, 2.24) is 4.90 Å². The van der Waals surface area contributed by atoms with Gasteiger partial charge < -0.3 is 15.1 Å². The molecule has 0 spiro atoms. The first-order valence-electron chi connectivity index (χ1n) is 11.6. The van der Waals surface area contributed by atoms with Crippen molar-refractivity contribution in [2.45, 2.75) is 67.2 Å². The molecule has 1 aromatic carbocycles. The van der Waals surface area contributed by atoms with Gasteiger partial charge >= 0.3 is 0 Å². The Morgan fingerprint density at radius 2 is 1.57 bits per heavy atom. The van der Waals surface area contributed by atoms with E-state index < -0.39 is 0 Å². The summed E-state index contributed by atoms with van der Waals surface area (Å²) in [5.41, 5.74) is 2.22. The van der Waals surface area contributed by atoms with Crippen molar-refractivity contribution in [2.24, 2.45) is 17.3 Å². The number of anilines is 2. The minimum Gasteiger partial charge on any atom is -0.368 e. The van der Waals surface area contributed by atoms with E-state index in [4.69, 9.17) is 0 Å². The Balaban J connectivity index is 1.84. The molecule has 1 N–H and O–H groups in total. The van der Waals surface area contributed by atoms with Crippen LogP contribution in [0.25, 0.3) is 0 Å². The fourth-order valence-corrected chi connectivity index (χ4v) is 4.48. The van der Waals surface area contributed by atoms with Gasteiger partial charge in [0.2, 0.25) is 11.8 Å². The number of amides is 2. The summed E-state index contributed by atoms with van der Waals surface area (Å²) in [6, 6.07) is 8.08. The molecule has 5 heteroatoms. The summed E-state index contributed by atoms with van der Waals surface area (Å²) in [6.45, 7) is 16.2. The molecule has 0 aromatic heterocycles. The highest BCUT2D eigenvalue weighted by Crippen LogP contribution is 2.26. The lowest BCUT2D eigenvalue weighted by Gasteiger charge is -2.37. The second-order valence-electron chi connectivity index (χ2n) is 9.99. The highest BCUT2D eigenvalue weighted by atomic mass is 16.2. The highest BCUT2D eigenvalue weighted by molar-refractivity contribution is 5.91. The van der Waals surface area contributed by atoms with Gasteiger partial charge in [0.15, 0.2) is 0 Å². The lowest BCUT2D eigenvalue weighted by atomic mass is 9.84. The van der Waals surface area contributed by atoms with E-state index in [9.17, 15) is 9.59 Å². The number of benzene rings is 1. The first-order valence-corrected chi connectivity index (χ1v) is 11.6. The van der Waals surface area contributed by atoms with Crippen LogP contribution in [-0.2, 0) is 9.59 Å². The Hall–Kier alpha value is -2.04. The first-order chi connectivity index (χ1) is 14.1. The predicted octanol–water partition coefficient (Wildman–Crippen LogP) is 5.17. The third-order valence-corrected chi connectivity index (χ3v) is 5.94. The molecule has 1 heterocycles. The van der Waals surface area contributed by atoms with Crippen LogP contribution in [0.2, 0.25) is 0 Å². The van der Waals surface area contributed by atoms with Crippen molar-refractivity contribution in [1.29, 1.82) is 0 Å². The van der Waals surface area contributed by atoms with Gasteiger partial charge in [0, 0.05) is 49.9 Å². The molecule has 2 amide bonds. The van der Waals surface area contributed by atoms with Gasteiger partial charge in [-0.15, -0.1) is 0 Å². The largest absolute Gasteiger partial charge is 0.368 e. The second kappa shape index (κ2) is 10.8. The SMILES string of the molecule is CCC(CC)C(=O)N1CCN(c2ccc(NC(=O)CC(C)CC(C)(C)C)cc2)CC1. The Bertz CT molecular complexity index is 681. The zero-order chi connectivity index (χ0) is 22.3. The summed E-state index contributed by atoms with van der Waals surface area (Å²) in [4.78, 5) is 29.2. The van der Waals surface area contributed by atoms with Crippen LogP contribution >= 0.6 is 0 Å². The van der Waals surface area contributed by atoms with Crippen molar-refractivity contribution < 1.29 is 9.59 Å². The average Bonchev–Trinajstić information content (AvgIpc) is 2.68. The summed E-state index contributed by atoms with van der Waals surface area (Å²) in [6.07, 6.45) is 3.41. The van der Waals surface area contributed by atoms with Gasteiger partial charge in [-0.1, -0.05) is 41.5 Å². The van der Waals surface area contributed by atoms with E-state index in [0.29, 0.717) is 18.2 Å². The van der Waals surface area contributed by atoms with E-state index >= 15 is 0 Å². The lowest BCUT2D eigenvalue weighted by molar-refractivity contribution is -0.136. The number of nitrogens with one attached hydrogen (secondary N) is 1. The Labute approximate surface area is 183 Å². The maximum atomic E-state index is 12.6. The van der Waals surface area contributed by atoms with Crippen LogP contribution in [0, 0.1) is 17.3 Å². The lowest BCUT2D eigenvalue weighted by Crippen LogP contribution is -2.50. The Morgan fingerprint density at radius 3 is 2.07 bits per heavy atom. The molecular weight excluding hydrogens is 374 g/mol. The van der Waals surface area contributed by atoms with Gasteiger partial charge in [0.05, 0.1) is 0 Å². The zero-order valence-electron chi connectivity index (χ0n) is 19.8. The minimum absolute atomic E-state index is 0.0769. The zero-order valence-corrected chi connectivity index (χ0v) is 19.8. The van der Waals surface area contributed by atoms with Gasteiger partial charge in [-0.05, 0) is 54.9 Å². The number of piperazine rings is 1. The minimum atomic E-state index is 0.0769. The van der Waals surface area contributed by atoms with E-state index in [1.54, 1.807) is 0 Å². The van der Waals surface area contributed by atoms with Crippen LogP contribution in [0.4, 0.5) is 11.4 Å². The van der Waals surface area contributed by atoms with Crippen molar-refractivity contribution in [3.05, 3.63) is 24.3 Å². The normalized spacial score (nSPS) is 16.0. The van der Waals surface area contributed by atoms with Crippen LogP contribution in [0.5, 0.6) is 0 Å². The summed E-state index contributed by atoms with van der Waals surface area (Å²) < 4.78 is 0. The third kappa shape index (κ3) is 7.33. The van der Waals surface area contributed by atoms with Gasteiger partial charge in [-0.2, -0.15) is 0 Å². The Kier molecular flexibility index (Phi) is 8.75. The Morgan fingerprint density at radius 1 is 1.00 bits per heavy atom. The molecule has 2 rings (SSSR count). The molecule has 1 aliphatic rings. The number of hydrogen-bond acceptors (Lipinski definition) is 3. The number of carbonyl (C=O) groups is 2. The molecule has 0 aliphatic carbocycles. The first kappa shape index (κ1) is 24.2. The molecule has 168 valence electrons. The average molecular weight is 416 g/mol. The summed E-state index contributed by atoms with van der Waals surface area (Å²) in [5, 5.41) is 3.03. The van der Waals surface area contributed by atoms with E-state index in [2.05, 4.69) is 63.9 Å². The van der Waals surface area contributed by atoms with Crippen molar-refractivity contribution in [2.75, 3.05) is 36.4 Å². The standard InChI is InChI=1S/C25H41N3O2/c1-7-20(8-2)24(30)28-15-13-27(14-16-28)22-11-9-21(10-12-22)26-23(29)17-19(3)18-25(4,5)6/h9-12,19-20H,7-8,13-18H2,1-6H3,(H,26,29). The molecule has 1 unspecified atom stereocenters. The molecule has 1 aromatic rings. The summed E-state index contributed by atoms with van der Waals surface area (Å²) in [5.74, 6) is 0.903. The monoisotopic (exact) mass is 415 g/mol. The molecule has 30 heavy (non-hydrogen) atoms. The molecule has 0 saturated carbocycles. The number of carbonyl (C=O) groups excluding carboxylic acids is 2.